The van der Waals surface area contributed by atoms with Crippen LogP contribution in [0.2, 0.25) is 0 Å². The third kappa shape index (κ3) is 3.72. The maximum atomic E-state index is 8.25. The number of para-hydroxylation sites is 4. The zero-order valence-electron chi connectivity index (χ0n) is 27.3. The summed E-state index contributed by atoms with van der Waals surface area (Å²) < 4.78 is 4.70. The standard InChI is InChI=1S/C46H31N3/c1-46(2)36-21-8-4-18-34(36)43-37(46)26-27-42-44(43)35-19-7-11-25-41(35)48(42)30-15-12-14-29(28-30)31-20-13-22-38(47-3)45(31)49-39-23-9-5-16-32(39)33-17-6-10-24-40(33)49/h4-28H,1-2H3. The molecule has 0 spiro atoms. The maximum Gasteiger partial charge on any atom is 0.211 e. The van der Waals surface area contributed by atoms with Crippen LogP contribution in [0.15, 0.2) is 152 Å². The van der Waals surface area contributed by atoms with E-state index in [1.54, 1.807) is 0 Å². The molecule has 0 atom stereocenters. The quantitative estimate of drug-likeness (QED) is 0.174. The number of fused-ring (bicyclic) bond motifs is 10. The molecule has 3 nitrogen and oxygen atoms in total. The SMILES string of the molecule is [C-]#[N+]c1cccc(-c2cccc(-n3c4ccccc4c4c5c(ccc43)C(C)(C)c3ccccc3-5)c2)c1-n1c2ccccc2c2ccccc21. The lowest BCUT2D eigenvalue weighted by Gasteiger charge is -2.21. The molecule has 3 heteroatoms. The van der Waals surface area contributed by atoms with Gasteiger partial charge in [0.2, 0.25) is 5.69 Å². The smallest absolute Gasteiger partial charge is 0.211 e. The second kappa shape index (κ2) is 10.1. The highest BCUT2D eigenvalue weighted by atomic mass is 15.0. The Morgan fingerprint density at radius 2 is 1.12 bits per heavy atom. The zero-order chi connectivity index (χ0) is 32.9. The molecule has 7 aromatic carbocycles. The highest BCUT2D eigenvalue weighted by Crippen LogP contribution is 2.53. The summed E-state index contributed by atoms with van der Waals surface area (Å²) >= 11 is 0. The minimum Gasteiger partial charge on any atom is -0.318 e. The molecule has 0 saturated carbocycles. The van der Waals surface area contributed by atoms with E-state index in [1.165, 1.54) is 54.8 Å². The Balaban J connectivity index is 1.25. The van der Waals surface area contributed by atoms with Crippen molar-refractivity contribution >= 4 is 49.3 Å². The van der Waals surface area contributed by atoms with Gasteiger partial charge >= 0.3 is 0 Å². The Hall–Kier alpha value is -6.37. The molecule has 2 heterocycles. The first-order valence-electron chi connectivity index (χ1n) is 16.8. The fourth-order valence-electron chi connectivity index (χ4n) is 8.60. The molecular formula is C46H31N3. The number of hydrogen-bond acceptors (Lipinski definition) is 0. The number of nitrogens with zero attached hydrogens (tertiary/aromatic N) is 3. The fourth-order valence-corrected chi connectivity index (χ4v) is 8.60. The monoisotopic (exact) mass is 625 g/mol. The first kappa shape index (κ1) is 27.7. The molecule has 2 aromatic heterocycles. The molecule has 49 heavy (non-hydrogen) atoms. The maximum absolute atomic E-state index is 8.25. The molecule has 0 fully saturated rings. The van der Waals surface area contributed by atoms with E-state index in [2.05, 4.69) is 167 Å². The molecule has 10 rings (SSSR count). The average Bonchev–Trinajstić information content (AvgIpc) is 3.75. The van der Waals surface area contributed by atoms with Crippen molar-refractivity contribution in [3.05, 3.63) is 174 Å². The molecule has 0 aliphatic heterocycles. The van der Waals surface area contributed by atoms with Crippen LogP contribution in [0, 0.1) is 6.57 Å². The molecule has 0 radical (unpaired) electrons. The molecule has 9 aromatic rings. The summed E-state index contributed by atoms with van der Waals surface area (Å²) in [5.41, 5.74) is 14.7. The molecular weight excluding hydrogens is 595 g/mol. The lowest BCUT2D eigenvalue weighted by Crippen LogP contribution is -2.14. The van der Waals surface area contributed by atoms with Crippen LogP contribution in [0.1, 0.15) is 25.0 Å². The lowest BCUT2D eigenvalue weighted by molar-refractivity contribution is 0.661. The van der Waals surface area contributed by atoms with Gasteiger partial charge in [-0.25, -0.2) is 4.85 Å². The van der Waals surface area contributed by atoms with Crippen LogP contribution in [0.4, 0.5) is 5.69 Å². The van der Waals surface area contributed by atoms with Gasteiger partial charge in [-0.05, 0) is 69.8 Å². The van der Waals surface area contributed by atoms with Crippen molar-refractivity contribution in [2.75, 3.05) is 0 Å². The van der Waals surface area contributed by atoms with Gasteiger partial charge < -0.3 is 9.13 Å². The highest BCUT2D eigenvalue weighted by Gasteiger charge is 2.37. The van der Waals surface area contributed by atoms with Crippen LogP contribution in [0.3, 0.4) is 0 Å². The molecule has 0 saturated heterocycles. The summed E-state index contributed by atoms with van der Waals surface area (Å²) in [4.78, 5) is 4.07. The van der Waals surface area contributed by atoms with Crippen molar-refractivity contribution in [3.63, 3.8) is 0 Å². The Bertz CT molecular complexity index is 2820. The third-order valence-corrected chi connectivity index (χ3v) is 10.7. The molecule has 1 aliphatic rings. The average molecular weight is 626 g/mol. The Kier molecular flexibility index (Phi) is 5.69. The van der Waals surface area contributed by atoms with Crippen LogP contribution in [0.5, 0.6) is 0 Å². The van der Waals surface area contributed by atoms with E-state index in [4.69, 9.17) is 6.57 Å². The normalized spacial score (nSPS) is 13.2. The van der Waals surface area contributed by atoms with Crippen molar-refractivity contribution in [2.24, 2.45) is 0 Å². The molecule has 0 N–H and O–H groups in total. The first-order chi connectivity index (χ1) is 24.1. The van der Waals surface area contributed by atoms with Gasteiger partial charge in [-0.3, -0.25) is 0 Å². The Morgan fingerprint density at radius 1 is 0.510 bits per heavy atom. The molecule has 0 bridgehead atoms. The number of benzene rings is 7. The van der Waals surface area contributed by atoms with E-state index in [0.717, 1.165) is 33.5 Å². The summed E-state index contributed by atoms with van der Waals surface area (Å²) in [6.07, 6.45) is 0. The van der Waals surface area contributed by atoms with Gasteiger partial charge in [-0.15, -0.1) is 0 Å². The van der Waals surface area contributed by atoms with Gasteiger partial charge in [0, 0.05) is 32.6 Å². The van der Waals surface area contributed by atoms with Crippen LogP contribution >= 0.6 is 0 Å². The van der Waals surface area contributed by atoms with E-state index < -0.39 is 0 Å². The molecule has 0 unspecified atom stereocenters. The van der Waals surface area contributed by atoms with E-state index in [1.807, 2.05) is 12.1 Å². The summed E-state index contributed by atoms with van der Waals surface area (Å²) in [6.45, 7) is 12.9. The van der Waals surface area contributed by atoms with Crippen LogP contribution in [-0.4, -0.2) is 9.13 Å². The lowest BCUT2D eigenvalue weighted by atomic mass is 9.82. The number of rotatable bonds is 3. The first-order valence-corrected chi connectivity index (χ1v) is 16.8. The van der Waals surface area contributed by atoms with E-state index in [9.17, 15) is 0 Å². The van der Waals surface area contributed by atoms with Crippen molar-refractivity contribution in [2.45, 2.75) is 19.3 Å². The molecule has 1 aliphatic carbocycles. The molecule has 230 valence electrons. The minimum absolute atomic E-state index is 0.0691. The topological polar surface area (TPSA) is 14.2 Å². The number of hydrogen-bond donors (Lipinski definition) is 0. The number of aromatic nitrogens is 2. The predicted octanol–water partition coefficient (Wildman–Crippen LogP) is 12.4. The fraction of sp³-hybridized carbons (Fsp3) is 0.0652. The van der Waals surface area contributed by atoms with Crippen LogP contribution in [-0.2, 0) is 5.41 Å². The van der Waals surface area contributed by atoms with Gasteiger partial charge in [0.25, 0.3) is 0 Å². The Morgan fingerprint density at radius 3 is 1.86 bits per heavy atom. The van der Waals surface area contributed by atoms with Crippen molar-refractivity contribution < 1.29 is 0 Å². The summed E-state index contributed by atoms with van der Waals surface area (Å²) in [5.74, 6) is 0. The summed E-state index contributed by atoms with van der Waals surface area (Å²) in [5, 5.41) is 4.92. The van der Waals surface area contributed by atoms with Gasteiger partial charge in [0.15, 0.2) is 0 Å². The van der Waals surface area contributed by atoms with Crippen LogP contribution in [0.25, 0.3) is 82.1 Å². The molecule has 0 amide bonds. The van der Waals surface area contributed by atoms with E-state index in [-0.39, 0.29) is 5.41 Å². The van der Waals surface area contributed by atoms with Gasteiger partial charge in [0.1, 0.15) is 0 Å². The van der Waals surface area contributed by atoms with Crippen molar-refractivity contribution in [3.8, 4) is 33.6 Å². The second-order valence-corrected chi connectivity index (χ2v) is 13.6. The zero-order valence-corrected chi connectivity index (χ0v) is 27.3. The van der Waals surface area contributed by atoms with Gasteiger partial charge in [0.05, 0.1) is 34.3 Å². The summed E-state index contributed by atoms with van der Waals surface area (Å²) in [6, 6.07) is 54.3. The second-order valence-electron chi connectivity index (χ2n) is 13.6. The van der Waals surface area contributed by atoms with Crippen molar-refractivity contribution in [1.82, 2.24) is 9.13 Å². The van der Waals surface area contributed by atoms with Crippen molar-refractivity contribution in [1.29, 1.82) is 0 Å². The minimum atomic E-state index is -0.0691. The van der Waals surface area contributed by atoms with E-state index in [0.29, 0.717) is 5.69 Å². The van der Waals surface area contributed by atoms with Crippen LogP contribution < -0.4 is 0 Å². The Labute approximate surface area is 284 Å². The summed E-state index contributed by atoms with van der Waals surface area (Å²) in [7, 11) is 0. The third-order valence-electron chi connectivity index (χ3n) is 10.7. The predicted molar refractivity (Wildman–Crippen MR) is 204 cm³/mol. The van der Waals surface area contributed by atoms with E-state index >= 15 is 0 Å². The van der Waals surface area contributed by atoms with Gasteiger partial charge in [-0.1, -0.05) is 129 Å². The largest absolute Gasteiger partial charge is 0.318 e. The highest BCUT2D eigenvalue weighted by molar-refractivity contribution is 6.18. The van der Waals surface area contributed by atoms with Gasteiger partial charge in [-0.2, -0.15) is 0 Å².